The van der Waals surface area contributed by atoms with Gasteiger partial charge in [0.1, 0.15) is 5.52 Å². The summed E-state index contributed by atoms with van der Waals surface area (Å²) in [6, 6.07) is 5.51. The number of aromatic nitrogens is 2. The molecule has 20 heavy (non-hydrogen) atoms. The van der Waals surface area contributed by atoms with Crippen molar-refractivity contribution in [3.63, 3.8) is 0 Å². The van der Waals surface area contributed by atoms with E-state index in [9.17, 15) is 4.79 Å². The first-order valence-corrected chi connectivity index (χ1v) is 7.79. The molecule has 0 aliphatic heterocycles. The molecule has 1 saturated carbocycles. The highest BCUT2D eigenvalue weighted by Crippen LogP contribution is 2.30. The molecule has 1 amide bonds. The number of carbonyl (C=O) groups is 1. The third-order valence-electron chi connectivity index (χ3n) is 3.83. The van der Waals surface area contributed by atoms with Crippen LogP contribution in [0.4, 0.5) is 0 Å². The van der Waals surface area contributed by atoms with E-state index in [1.54, 1.807) is 18.5 Å². The van der Waals surface area contributed by atoms with E-state index in [4.69, 9.17) is 0 Å². The molecule has 4 nitrogen and oxygen atoms in total. The fourth-order valence-electron chi connectivity index (χ4n) is 2.72. The first-order chi connectivity index (χ1) is 9.75. The van der Waals surface area contributed by atoms with Crippen molar-refractivity contribution in [1.82, 2.24) is 15.3 Å². The van der Waals surface area contributed by atoms with Gasteiger partial charge in [0.25, 0.3) is 5.91 Å². The van der Waals surface area contributed by atoms with Gasteiger partial charge in [-0.2, -0.15) is 0 Å². The Morgan fingerprint density at radius 3 is 2.95 bits per heavy atom. The number of carbonyl (C=O) groups excluding carboxylic acids is 1. The monoisotopic (exact) mass is 333 g/mol. The first-order valence-electron chi connectivity index (χ1n) is 6.87. The maximum absolute atomic E-state index is 12.3. The molecule has 104 valence electrons. The van der Waals surface area contributed by atoms with Gasteiger partial charge in [-0.3, -0.25) is 14.8 Å². The summed E-state index contributed by atoms with van der Waals surface area (Å²) in [6.45, 7) is 0.714. The number of nitrogens with one attached hydrogen (secondary N) is 1. The number of amides is 1. The Hall–Kier alpha value is -1.49. The van der Waals surface area contributed by atoms with Crippen molar-refractivity contribution < 1.29 is 4.79 Å². The molecule has 1 fully saturated rings. The minimum absolute atomic E-state index is 0.0669. The zero-order valence-electron chi connectivity index (χ0n) is 11.1. The molecule has 0 saturated heterocycles. The van der Waals surface area contributed by atoms with Crippen LogP contribution in [0.1, 0.15) is 29.6 Å². The van der Waals surface area contributed by atoms with Crippen molar-refractivity contribution in [1.29, 1.82) is 0 Å². The summed E-state index contributed by atoms with van der Waals surface area (Å²) in [5.74, 6) is 0.461. The topological polar surface area (TPSA) is 54.9 Å². The number of halogens is 1. The lowest BCUT2D eigenvalue weighted by Crippen LogP contribution is -2.31. The van der Waals surface area contributed by atoms with Crippen LogP contribution in [0.3, 0.4) is 0 Å². The van der Waals surface area contributed by atoms with Crippen LogP contribution in [-0.4, -0.2) is 27.2 Å². The minimum atomic E-state index is -0.0669. The minimum Gasteiger partial charge on any atom is -0.352 e. The summed E-state index contributed by atoms with van der Waals surface area (Å²) in [5, 5.41) is 3.03. The number of hydrogen-bond donors (Lipinski definition) is 1. The molecule has 2 atom stereocenters. The van der Waals surface area contributed by atoms with E-state index in [0.717, 1.165) is 5.52 Å². The smallest absolute Gasteiger partial charge is 0.253 e. The third kappa shape index (κ3) is 2.68. The van der Waals surface area contributed by atoms with Crippen molar-refractivity contribution in [2.24, 2.45) is 5.92 Å². The number of hydrogen-bond acceptors (Lipinski definition) is 3. The van der Waals surface area contributed by atoms with Crippen LogP contribution in [-0.2, 0) is 0 Å². The number of alkyl halides is 1. The number of benzene rings is 1. The first kappa shape index (κ1) is 13.5. The molecular weight excluding hydrogens is 318 g/mol. The average molecular weight is 334 g/mol. The van der Waals surface area contributed by atoms with Gasteiger partial charge in [-0.15, -0.1) is 0 Å². The second kappa shape index (κ2) is 5.87. The predicted octanol–water partition coefficient (Wildman–Crippen LogP) is 2.92. The fourth-order valence-corrected chi connectivity index (χ4v) is 3.49. The Morgan fingerprint density at radius 2 is 2.15 bits per heavy atom. The molecular formula is C15H16BrN3O. The van der Waals surface area contributed by atoms with E-state index < -0.39 is 0 Å². The Bertz CT molecular complexity index is 626. The third-order valence-corrected chi connectivity index (χ3v) is 5.04. The molecule has 1 aromatic heterocycles. The standard InChI is InChI=1S/C15H16BrN3O/c16-12-5-1-3-10(12)9-19-15(20)11-4-2-6-13-14(11)18-8-7-17-13/h2,4,6-8,10,12H,1,3,5,9H2,(H,19,20). The van der Waals surface area contributed by atoms with Crippen LogP contribution < -0.4 is 5.32 Å². The largest absolute Gasteiger partial charge is 0.352 e. The zero-order valence-corrected chi connectivity index (χ0v) is 12.6. The Labute approximate surface area is 126 Å². The lowest BCUT2D eigenvalue weighted by Gasteiger charge is -2.15. The summed E-state index contributed by atoms with van der Waals surface area (Å²) in [5.41, 5.74) is 2.01. The maximum atomic E-state index is 12.3. The van der Waals surface area contributed by atoms with Crippen molar-refractivity contribution >= 4 is 32.9 Å². The molecule has 0 spiro atoms. The van der Waals surface area contributed by atoms with Crippen LogP contribution in [0.5, 0.6) is 0 Å². The van der Waals surface area contributed by atoms with Gasteiger partial charge in [0.15, 0.2) is 0 Å². The lowest BCUT2D eigenvalue weighted by molar-refractivity contribution is 0.0949. The van der Waals surface area contributed by atoms with Gasteiger partial charge < -0.3 is 5.32 Å². The summed E-state index contributed by atoms with van der Waals surface area (Å²) in [7, 11) is 0. The van der Waals surface area contributed by atoms with Gasteiger partial charge in [-0.05, 0) is 30.9 Å². The van der Waals surface area contributed by atoms with E-state index in [1.807, 2.05) is 12.1 Å². The van der Waals surface area contributed by atoms with Crippen LogP contribution in [0, 0.1) is 5.92 Å². The van der Waals surface area contributed by atoms with Crippen LogP contribution >= 0.6 is 15.9 Å². The molecule has 3 rings (SSSR count). The van der Waals surface area contributed by atoms with E-state index in [0.29, 0.717) is 28.4 Å². The van der Waals surface area contributed by atoms with Gasteiger partial charge in [-0.1, -0.05) is 28.4 Å². The average Bonchev–Trinajstić information content (AvgIpc) is 2.89. The highest BCUT2D eigenvalue weighted by molar-refractivity contribution is 9.09. The predicted molar refractivity (Wildman–Crippen MR) is 81.9 cm³/mol. The molecule has 0 radical (unpaired) electrons. The molecule has 1 N–H and O–H groups in total. The zero-order chi connectivity index (χ0) is 13.9. The SMILES string of the molecule is O=C(NCC1CCCC1Br)c1cccc2nccnc12. The van der Waals surface area contributed by atoms with Crippen molar-refractivity contribution in [2.75, 3.05) is 6.54 Å². The number of nitrogens with zero attached hydrogens (tertiary/aromatic N) is 2. The summed E-state index contributed by atoms with van der Waals surface area (Å²) < 4.78 is 0. The van der Waals surface area contributed by atoms with Gasteiger partial charge >= 0.3 is 0 Å². The van der Waals surface area contributed by atoms with Gasteiger partial charge in [0.05, 0.1) is 11.1 Å². The second-order valence-corrected chi connectivity index (χ2v) is 6.32. The highest BCUT2D eigenvalue weighted by atomic mass is 79.9. The molecule has 5 heteroatoms. The Morgan fingerprint density at radius 1 is 1.30 bits per heavy atom. The summed E-state index contributed by atoms with van der Waals surface area (Å²) in [6.07, 6.45) is 6.85. The second-order valence-electron chi connectivity index (χ2n) is 5.15. The van der Waals surface area contributed by atoms with E-state index in [2.05, 4.69) is 31.2 Å². The molecule has 0 bridgehead atoms. The molecule has 2 unspecified atom stereocenters. The van der Waals surface area contributed by atoms with E-state index >= 15 is 0 Å². The normalized spacial score (nSPS) is 22.1. The molecule has 1 aromatic carbocycles. The molecule has 1 heterocycles. The van der Waals surface area contributed by atoms with Crippen molar-refractivity contribution in [2.45, 2.75) is 24.1 Å². The lowest BCUT2D eigenvalue weighted by atomic mass is 10.1. The van der Waals surface area contributed by atoms with Gasteiger partial charge in [0.2, 0.25) is 0 Å². The van der Waals surface area contributed by atoms with Crippen molar-refractivity contribution in [3.8, 4) is 0 Å². The molecule has 2 aromatic rings. The van der Waals surface area contributed by atoms with Crippen LogP contribution in [0.2, 0.25) is 0 Å². The molecule has 1 aliphatic rings. The highest BCUT2D eigenvalue weighted by Gasteiger charge is 2.25. The van der Waals surface area contributed by atoms with Crippen LogP contribution in [0.15, 0.2) is 30.6 Å². The van der Waals surface area contributed by atoms with E-state index in [1.165, 1.54) is 19.3 Å². The quantitative estimate of drug-likeness (QED) is 0.878. The number of fused-ring (bicyclic) bond motifs is 1. The van der Waals surface area contributed by atoms with Crippen LogP contribution in [0.25, 0.3) is 11.0 Å². The van der Waals surface area contributed by atoms with Gasteiger partial charge in [-0.25, -0.2) is 0 Å². The summed E-state index contributed by atoms with van der Waals surface area (Å²) >= 11 is 3.68. The van der Waals surface area contributed by atoms with Crippen molar-refractivity contribution in [3.05, 3.63) is 36.2 Å². The Balaban J connectivity index is 1.75. The fraction of sp³-hybridized carbons (Fsp3) is 0.400. The summed E-state index contributed by atoms with van der Waals surface area (Å²) in [4.78, 5) is 21.3. The number of para-hydroxylation sites is 1. The molecule has 1 aliphatic carbocycles. The van der Waals surface area contributed by atoms with E-state index in [-0.39, 0.29) is 5.91 Å². The van der Waals surface area contributed by atoms with Gasteiger partial charge in [0, 0.05) is 23.8 Å². The maximum Gasteiger partial charge on any atom is 0.253 e. The number of rotatable bonds is 3. The Kier molecular flexibility index (Phi) is 3.96.